The summed E-state index contributed by atoms with van der Waals surface area (Å²) < 4.78 is 2.66. The molecule has 0 N–H and O–H groups in total. The van der Waals surface area contributed by atoms with Gasteiger partial charge in [0.2, 0.25) is 0 Å². The van der Waals surface area contributed by atoms with Crippen LogP contribution in [0.15, 0.2) is 170 Å². The third-order valence-corrected chi connectivity index (χ3v) is 10.8. The quantitative estimate of drug-likeness (QED) is 0.179. The molecule has 0 unspecified atom stereocenters. The molecule has 8 aromatic carbocycles. The van der Waals surface area contributed by atoms with Crippen LogP contribution in [-0.2, 0) is 0 Å². The minimum atomic E-state index is 0.870. The maximum atomic E-state index is 5.23. The molecule has 0 radical (unpaired) electrons. The van der Waals surface area contributed by atoms with Gasteiger partial charge in [-0.15, -0.1) is 11.3 Å². The van der Waals surface area contributed by atoms with E-state index in [1.807, 2.05) is 17.5 Å². The lowest BCUT2D eigenvalue weighted by molar-refractivity contribution is 1.31. The SMILES string of the molecule is c1cc(-c2cccc(-c3ccc4c(c3)sc3ccccc34)c2)cc(-c2cccc(-c3cnc4c5ccccc5c5ccccc5c4n3)c2)c1. The highest BCUT2D eigenvalue weighted by Crippen LogP contribution is 2.38. The van der Waals surface area contributed by atoms with Gasteiger partial charge in [-0.05, 0) is 74.5 Å². The summed E-state index contributed by atoms with van der Waals surface area (Å²) in [6.07, 6.45) is 1.92. The van der Waals surface area contributed by atoms with Gasteiger partial charge in [0.1, 0.15) is 0 Å². The van der Waals surface area contributed by atoms with Gasteiger partial charge in [0.05, 0.1) is 22.9 Å². The first-order chi connectivity index (χ1) is 24.3. The predicted octanol–water partition coefficient (Wildman–Crippen LogP) is 13.0. The Bertz CT molecular complexity index is 2870. The summed E-state index contributed by atoms with van der Waals surface area (Å²) >= 11 is 1.86. The highest BCUT2D eigenvalue weighted by Gasteiger charge is 2.13. The van der Waals surface area contributed by atoms with Crippen molar-refractivity contribution in [1.29, 1.82) is 0 Å². The molecule has 0 amide bonds. The summed E-state index contributed by atoms with van der Waals surface area (Å²) in [6.45, 7) is 0. The first kappa shape index (κ1) is 27.9. The van der Waals surface area contributed by atoms with Crippen molar-refractivity contribution >= 4 is 64.1 Å². The fraction of sp³-hybridized carbons (Fsp3) is 0. The van der Waals surface area contributed by atoms with Crippen molar-refractivity contribution < 1.29 is 0 Å². The molecule has 0 saturated carbocycles. The van der Waals surface area contributed by atoms with Crippen LogP contribution in [0.5, 0.6) is 0 Å². The van der Waals surface area contributed by atoms with Crippen LogP contribution in [0.25, 0.3) is 97.4 Å². The van der Waals surface area contributed by atoms with E-state index in [9.17, 15) is 0 Å². The van der Waals surface area contributed by atoms with Gasteiger partial charge in [-0.3, -0.25) is 4.98 Å². The third-order valence-electron chi connectivity index (χ3n) is 9.69. The van der Waals surface area contributed by atoms with Crippen LogP contribution in [0.3, 0.4) is 0 Å². The fourth-order valence-corrected chi connectivity index (χ4v) is 8.43. The van der Waals surface area contributed by atoms with E-state index in [0.717, 1.165) is 38.6 Å². The lowest BCUT2D eigenvalue weighted by Crippen LogP contribution is -1.92. The Morgan fingerprint density at radius 1 is 0.327 bits per heavy atom. The molecule has 10 rings (SSSR count). The zero-order chi connectivity index (χ0) is 32.3. The number of fused-ring (bicyclic) bond motifs is 9. The molecule has 3 heteroatoms. The second-order valence-corrected chi connectivity index (χ2v) is 13.7. The third kappa shape index (κ3) is 4.70. The van der Waals surface area contributed by atoms with Crippen molar-refractivity contribution in [3.63, 3.8) is 0 Å². The topological polar surface area (TPSA) is 25.8 Å². The summed E-state index contributed by atoms with van der Waals surface area (Å²) in [5.41, 5.74) is 11.0. The molecule has 0 aliphatic rings. The lowest BCUT2D eigenvalue weighted by Gasteiger charge is -2.11. The predicted molar refractivity (Wildman–Crippen MR) is 209 cm³/mol. The van der Waals surface area contributed by atoms with Crippen LogP contribution < -0.4 is 0 Å². The summed E-state index contributed by atoms with van der Waals surface area (Å²) in [5.74, 6) is 0. The molecule has 2 aromatic heterocycles. The minimum Gasteiger partial charge on any atom is -0.252 e. The highest BCUT2D eigenvalue weighted by molar-refractivity contribution is 7.25. The first-order valence-electron chi connectivity index (χ1n) is 16.6. The smallest absolute Gasteiger partial charge is 0.0979 e. The Morgan fingerprint density at radius 3 is 1.43 bits per heavy atom. The van der Waals surface area contributed by atoms with Gasteiger partial charge < -0.3 is 0 Å². The van der Waals surface area contributed by atoms with Crippen molar-refractivity contribution in [2.24, 2.45) is 0 Å². The van der Waals surface area contributed by atoms with Gasteiger partial charge in [0.15, 0.2) is 0 Å². The van der Waals surface area contributed by atoms with Crippen LogP contribution in [0.1, 0.15) is 0 Å². The van der Waals surface area contributed by atoms with Gasteiger partial charge in [0.25, 0.3) is 0 Å². The molecular formula is C46H28N2S. The Labute approximate surface area is 287 Å². The maximum Gasteiger partial charge on any atom is 0.0979 e. The van der Waals surface area contributed by atoms with Crippen LogP contribution in [0.2, 0.25) is 0 Å². The Kier molecular flexibility index (Phi) is 6.39. The fourth-order valence-electron chi connectivity index (χ4n) is 7.28. The van der Waals surface area contributed by atoms with Crippen LogP contribution in [0, 0.1) is 0 Å². The van der Waals surface area contributed by atoms with Gasteiger partial charge in [0, 0.05) is 36.5 Å². The van der Waals surface area contributed by atoms with Crippen LogP contribution in [-0.4, -0.2) is 9.97 Å². The molecule has 2 nitrogen and oxygen atoms in total. The number of rotatable bonds is 4. The van der Waals surface area contributed by atoms with E-state index in [-0.39, 0.29) is 0 Å². The lowest BCUT2D eigenvalue weighted by atomic mass is 9.95. The summed E-state index contributed by atoms with van der Waals surface area (Å²) in [7, 11) is 0. The maximum absolute atomic E-state index is 5.23. The molecule has 228 valence electrons. The zero-order valence-corrected chi connectivity index (χ0v) is 27.3. The van der Waals surface area contributed by atoms with Crippen LogP contribution in [0.4, 0.5) is 0 Å². The number of thiophene rings is 1. The molecule has 0 saturated heterocycles. The van der Waals surface area contributed by atoms with E-state index in [1.165, 1.54) is 58.8 Å². The van der Waals surface area contributed by atoms with Crippen molar-refractivity contribution in [3.05, 3.63) is 170 Å². The second-order valence-electron chi connectivity index (χ2n) is 12.6. The van der Waals surface area contributed by atoms with Gasteiger partial charge in [-0.25, -0.2) is 4.98 Å². The van der Waals surface area contributed by atoms with Gasteiger partial charge in [-0.2, -0.15) is 0 Å². The number of aromatic nitrogens is 2. The van der Waals surface area contributed by atoms with E-state index < -0.39 is 0 Å². The largest absolute Gasteiger partial charge is 0.252 e. The van der Waals surface area contributed by atoms with Gasteiger partial charge in [-0.1, -0.05) is 133 Å². The van der Waals surface area contributed by atoms with Crippen molar-refractivity contribution in [1.82, 2.24) is 9.97 Å². The summed E-state index contributed by atoms with van der Waals surface area (Å²) in [6, 6.07) is 58.9. The second kappa shape index (κ2) is 11.2. The number of hydrogen-bond acceptors (Lipinski definition) is 3. The standard InChI is InChI=1S/C46H28N2S/c1-3-19-40-36(16-1)37-17-2-4-20-41(37)46-45(40)47-28-42(48-46)35-15-9-14-33(26-35)31-12-7-10-29(24-31)30-11-8-13-32(25-30)34-22-23-39-38-18-5-6-21-43(38)49-44(39)27-34/h1-28H. The Morgan fingerprint density at radius 2 is 0.796 bits per heavy atom. The molecule has 49 heavy (non-hydrogen) atoms. The zero-order valence-electron chi connectivity index (χ0n) is 26.5. The Balaban J connectivity index is 1.01. The average molecular weight is 641 g/mol. The molecule has 0 bridgehead atoms. The van der Waals surface area contributed by atoms with Crippen LogP contribution >= 0.6 is 11.3 Å². The minimum absolute atomic E-state index is 0.870. The Hall–Kier alpha value is -6.16. The number of nitrogens with zero attached hydrogens (tertiary/aromatic N) is 2. The van der Waals surface area contributed by atoms with E-state index in [4.69, 9.17) is 9.97 Å². The number of benzene rings is 8. The average Bonchev–Trinajstić information content (AvgIpc) is 3.56. The van der Waals surface area contributed by atoms with E-state index >= 15 is 0 Å². The molecular weight excluding hydrogens is 613 g/mol. The molecule has 2 heterocycles. The molecule has 10 aromatic rings. The van der Waals surface area contributed by atoms with Crippen molar-refractivity contribution in [2.45, 2.75) is 0 Å². The molecule has 0 aliphatic heterocycles. The molecule has 0 atom stereocenters. The summed E-state index contributed by atoms with van der Waals surface area (Å²) in [4.78, 5) is 10.2. The monoisotopic (exact) mass is 640 g/mol. The highest BCUT2D eigenvalue weighted by atomic mass is 32.1. The normalized spacial score (nSPS) is 11.7. The van der Waals surface area contributed by atoms with E-state index in [2.05, 4.69) is 164 Å². The van der Waals surface area contributed by atoms with E-state index in [0.29, 0.717) is 0 Å². The summed E-state index contributed by atoms with van der Waals surface area (Å²) in [5, 5.41) is 7.32. The van der Waals surface area contributed by atoms with E-state index in [1.54, 1.807) is 0 Å². The molecule has 0 aliphatic carbocycles. The van der Waals surface area contributed by atoms with Crippen molar-refractivity contribution in [2.75, 3.05) is 0 Å². The van der Waals surface area contributed by atoms with Gasteiger partial charge >= 0.3 is 0 Å². The number of hydrogen-bond donors (Lipinski definition) is 0. The molecule has 0 fully saturated rings. The van der Waals surface area contributed by atoms with Crippen molar-refractivity contribution in [3.8, 4) is 44.6 Å². The first-order valence-corrected chi connectivity index (χ1v) is 17.4. The molecule has 0 spiro atoms.